The number of esters is 1. The van der Waals surface area contributed by atoms with Crippen LogP contribution >= 0.6 is 0 Å². The maximum absolute atomic E-state index is 12.8. The summed E-state index contributed by atoms with van der Waals surface area (Å²) in [6.45, 7) is 4.50. The monoisotopic (exact) mass is 326 g/mol. The molecule has 0 aliphatic carbocycles. The van der Waals surface area contributed by atoms with Crippen LogP contribution in [0.1, 0.15) is 35.7 Å². The van der Waals surface area contributed by atoms with E-state index in [1.807, 2.05) is 0 Å². The standard InChI is InChI=1S/C15H22N2O4S/c1-3-21-15(18)12-5-4-11(2)14(10-12)22(19,20)17-8-6-13(16)7-9-17/h4-5,10,13H,3,6-9,16H2,1-2H3. The highest BCUT2D eigenvalue weighted by molar-refractivity contribution is 7.89. The minimum Gasteiger partial charge on any atom is -0.462 e. The summed E-state index contributed by atoms with van der Waals surface area (Å²) in [5.74, 6) is -0.514. The molecule has 0 bridgehead atoms. The van der Waals surface area contributed by atoms with Crippen molar-refractivity contribution in [2.75, 3.05) is 19.7 Å². The molecule has 6 nitrogen and oxygen atoms in total. The number of rotatable bonds is 4. The Hall–Kier alpha value is -1.44. The highest BCUT2D eigenvalue weighted by Gasteiger charge is 2.30. The first-order valence-electron chi connectivity index (χ1n) is 7.39. The van der Waals surface area contributed by atoms with Gasteiger partial charge in [0, 0.05) is 19.1 Å². The van der Waals surface area contributed by atoms with Crippen LogP contribution in [0.4, 0.5) is 0 Å². The summed E-state index contributed by atoms with van der Waals surface area (Å²) in [5, 5.41) is 0. The molecule has 0 atom stereocenters. The van der Waals surface area contributed by atoms with Crippen molar-refractivity contribution in [3.63, 3.8) is 0 Å². The molecule has 1 aliphatic rings. The van der Waals surface area contributed by atoms with Crippen molar-refractivity contribution in [3.8, 4) is 0 Å². The van der Waals surface area contributed by atoms with Gasteiger partial charge in [-0.3, -0.25) is 0 Å². The lowest BCUT2D eigenvalue weighted by Crippen LogP contribution is -2.42. The molecule has 1 aromatic carbocycles. The number of hydrogen-bond acceptors (Lipinski definition) is 5. The van der Waals surface area contributed by atoms with Crippen molar-refractivity contribution in [2.45, 2.75) is 37.6 Å². The van der Waals surface area contributed by atoms with E-state index in [9.17, 15) is 13.2 Å². The Kier molecular flexibility index (Phi) is 5.20. The maximum atomic E-state index is 12.8. The van der Waals surface area contributed by atoms with Crippen LogP contribution in [-0.2, 0) is 14.8 Å². The van der Waals surface area contributed by atoms with Crippen LogP contribution in [0.15, 0.2) is 23.1 Å². The van der Waals surface area contributed by atoms with Crippen LogP contribution in [-0.4, -0.2) is 44.4 Å². The van der Waals surface area contributed by atoms with E-state index in [1.54, 1.807) is 26.0 Å². The van der Waals surface area contributed by atoms with Crippen molar-refractivity contribution < 1.29 is 17.9 Å². The largest absolute Gasteiger partial charge is 0.462 e. The smallest absolute Gasteiger partial charge is 0.338 e. The molecule has 0 spiro atoms. The molecule has 7 heteroatoms. The first kappa shape index (κ1) is 16.9. The van der Waals surface area contributed by atoms with Gasteiger partial charge in [-0.05, 0) is 44.4 Å². The second-order valence-corrected chi connectivity index (χ2v) is 7.35. The minimum atomic E-state index is -3.62. The van der Waals surface area contributed by atoms with Crippen molar-refractivity contribution in [1.82, 2.24) is 4.31 Å². The van der Waals surface area contributed by atoms with E-state index in [-0.39, 0.29) is 23.1 Å². The summed E-state index contributed by atoms with van der Waals surface area (Å²) >= 11 is 0. The lowest BCUT2D eigenvalue weighted by molar-refractivity contribution is 0.0526. The molecule has 1 aliphatic heterocycles. The van der Waals surface area contributed by atoms with Gasteiger partial charge in [-0.2, -0.15) is 4.31 Å². The Labute approximate surface area is 131 Å². The quantitative estimate of drug-likeness (QED) is 0.842. The summed E-state index contributed by atoms with van der Waals surface area (Å²) in [6.07, 6.45) is 1.30. The second kappa shape index (κ2) is 6.76. The molecule has 1 fully saturated rings. The number of carbonyl (C=O) groups is 1. The summed E-state index contributed by atoms with van der Waals surface area (Å²) in [4.78, 5) is 12.0. The van der Waals surface area contributed by atoms with Crippen molar-refractivity contribution in [3.05, 3.63) is 29.3 Å². The normalized spacial score (nSPS) is 17.4. The van der Waals surface area contributed by atoms with Gasteiger partial charge in [-0.15, -0.1) is 0 Å². The van der Waals surface area contributed by atoms with Crippen LogP contribution in [0.25, 0.3) is 0 Å². The van der Waals surface area contributed by atoms with Gasteiger partial charge in [-0.1, -0.05) is 6.07 Å². The van der Waals surface area contributed by atoms with Gasteiger partial charge < -0.3 is 10.5 Å². The number of aryl methyl sites for hydroxylation is 1. The summed E-state index contributed by atoms with van der Waals surface area (Å²) in [6, 6.07) is 4.67. The van der Waals surface area contributed by atoms with Crippen LogP contribution < -0.4 is 5.73 Å². The number of piperidine rings is 1. The predicted molar refractivity (Wildman–Crippen MR) is 83.1 cm³/mol. The number of nitrogens with zero attached hydrogens (tertiary/aromatic N) is 1. The van der Waals surface area contributed by atoms with Gasteiger partial charge in [0.25, 0.3) is 0 Å². The van der Waals surface area contributed by atoms with Crippen molar-refractivity contribution >= 4 is 16.0 Å². The van der Waals surface area contributed by atoms with Crippen molar-refractivity contribution in [1.29, 1.82) is 0 Å². The molecule has 0 saturated carbocycles. The molecule has 2 rings (SSSR count). The average molecular weight is 326 g/mol. The molecule has 0 radical (unpaired) electrons. The molecule has 22 heavy (non-hydrogen) atoms. The predicted octanol–water partition coefficient (Wildman–Crippen LogP) is 1.28. The molecular formula is C15H22N2O4S. The number of benzene rings is 1. The molecule has 122 valence electrons. The van der Waals surface area contributed by atoms with E-state index < -0.39 is 16.0 Å². The van der Waals surface area contributed by atoms with E-state index in [4.69, 9.17) is 10.5 Å². The number of ether oxygens (including phenoxy) is 1. The Morgan fingerprint density at radius 1 is 1.36 bits per heavy atom. The number of hydrogen-bond donors (Lipinski definition) is 1. The Morgan fingerprint density at radius 2 is 2.00 bits per heavy atom. The van der Waals surface area contributed by atoms with Gasteiger partial charge in [-0.25, -0.2) is 13.2 Å². The minimum absolute atomic E-state index is 0.0541. The first-order chi connectivity index (χ1) is 10.4. The van der Waals surface area contributed by atoms with Gasteiger partial charge in [0.2, 0.25) is 10.0 Å². The van der Waals surface area contributed by atoms with Crippen LogP contribution in [0.2, 0.25) is 0 Å². The topological polar surface area (TPSA) is 89.7 Å². The maximum Gasteiger partial charge on any atom is 0.338 e. The highest BCUT2D eigenvalue weighted by atomic mass is 32.2. The number of carbonyl (C=O) groups excluding carboxylic acids is 1. The van der Waals surface area contributed by atoms with E-state index in [0.29, 0.717) is 31.5 Å². The SMILES string of the molecule is CCOC(=O)c1ccc(C)c(S(=O)(=O)N2CCC(N)CC2)c1. The Balaban J connectivity index is 2.34. The number of nitrogens with two attached hydrogens (primary N) is 1. The fourth-order valence-corrected chi connectivity index (χ4v) is 4.20. The number of sulfonamides is 1. The summed E-state index contributed by atoms with van der Waals surface area (Å²) in [7, 11) is -3.62. The summed E-state index contributed by atoms with van der Waals surface area (Å²) < 4.78 is 31.9. The third kappa shape index (κ3) is 3.48. The molecular weight excluding hydrogens is 304 g/mol. The molecule has 0 amide bonds. The fraction of sp³-hybridized carbons (Fsp3) is 0.533. The van der Waals surface area contributed by atoms with Crippen LogP contribution in [0.5, 0.6) is 0 Å². The van der Waals surface area contributed by atoms with E-state index >= 15 is 0 Å². The molecule has 1 heterocycles. The fourth-order valence-electron chi connectivity index (χ4n) is 2.47. The zero-order valence-corrected chi connectivity index (χ0v) is 13.7. The second-order valence-electron chi connectivity index (χ2n) is 5.44. The van der Waals surface area contributed by atoms with Gasteiger partial charge in [0.15, 0.2) is 0 Å². The first-order valence-corrected chi connectivity index (χ1v) is 8.83. The van der Waals surface area contributed by atoms with E-state index in [2.05, 4.69) is 0 Å². The van der Waals surface area contributed by atoms with Gasteiger partial charge in [0.1, 0.15) is 0 Å². The van der Waals surface area contributed by atoms with Crippen LogP contribution in [0, 0.1) is 6.92 Å². The summed E-state index contributed by atoms with van der Waals surface area (Å²) in [5.41, 5.74) is 6.69. The van der Waals surface area contributed by atoms with E-state index in [0.717, 1.165) is 0 Å². The molecule has 2 N–H and O–H groups in total. The van der Waals surface area contributed by atoms with E-state index in [1.165, 1.54) is 10.4 Å². The third-order valence-electron chi connectivity index (χ3n) is 3.82. The third-order valence-corrected chi connectivity index (χ3v) is 5.86. The molecule has 1 aromatic rings. The van der Waals surface area contributed by atoms with Gasteiger partial charge >= 0.3 is 5.97 Å². The molecule has 0 unspecified atom stereocenters. The molecule has 1 saturated heterocycles. The lowest BCUT2D eigenvalue weighted by Gasteiger charge is -2.29. The zero-order chi connectivity index (χ0) is 16.3. The Bertz CT molecular complexity index is 650. The van der Waals surface area contributed by atoms with Crippen LogP contribution in [0.3, 0.4) is 0 Å². The Morgan fingerprint density at radius 3 is 2.59 bits per heavy atom. The average Bonchev–Trinajstić information content (AvgIpc) is 2.48. The highest BCUT2D eigenvalue weighted by Crippen LogP contribution is 2.24. The van der Waals surface area contributed by atoms with Crippen molar-refractivity contribution in [2.24, 2.45) is 5.73 Å². The zero-order valence-electron chi connectivity index (χ0n) is 12.9. The molecule has 0 aromatic heterocycles. The lowest BCUT2D eigenvalue weighted by atomic mass is 10.1. The van der Waals surface area contributed by atoms with Gasteiger partial charge in [0.05, 0.1) is 17.1 Å².